The Morgan fingerprint density at radius 3 is 2.79 bits per heavy atom. The van der Waals surface area contributed by atoms with Gasteiger partial charge in [0.25, 0.3) is 0 Å². The topological polar surface area (TPSA) is 37.3 Å². The molecule has 0 aliphatic rings. The quantitative estimate of drug-likeness (QED) is 0.744. The molecule has 14 heavy (non-hydrogen) atoms. The highest BCUT2D eigenvalue weighted by Crippen LogP contribution is 2.15. The molecule has 0 fully saturated rings. The zero-order valence-electron chi connectivity index (χ0n) is 8.45. The predicted octanol–water partition coefficient (Wildman–Crippen LogP) is 2.81. The van der Waals surface area contributed by atoms with E-state index in [9.17, 15) is 4.79 Å². The molecule has 0 bridgehead atoms. The summed E-state index contributed by atoms with van der Waals surface area (Å²) in [5.74, 6) is -0.854. The van der Waals surface area contributed by atoms with E-state index < -0.39 is 5.97 Å². The highest BCUT2D eigenvalue weighted by Gasteiger charge is 2.09. The molecule has 0 spiro atoms. The number of carboxylic acid groups (broad SMARTS) is 1. The molecule has 0 aromatic heterocycles. The van der Waals surface area contributed by atoms with Crippen molar-refractivity contribution in [3.8, 4) is 0 Å². The summed E-state index contributed by atoms with van der Waals surface area (Å²) >= 11 is 0. The molecule has 1 aromatic rings. The van der Waals surface area contributed by atoms with E-state index in [-0.39, 0.29) is 0 Å². The lowest BCUT2D eigenvalue weighted by Crippen LogP contribution is -2.03. The van der Waals surface area contributed by atoms with Crippen LogP contribution in [0.1, 0.15) is 28.4 Å². The van der Waals surface area contributed by atoms with E-state index in [1.54, 1.807) is 12.1 Å². The molecule has 0 aliphatic carbocycles. The molecular weight excluding hydrogens is 176 g/mol. The maximum Gasteiger partial charge on any atom is 0.335 e. The highest BCUT2D eigenvalue weighted by atomic mass is 16.4. The average molecular weight is 190 g/mol. The maximum absolute atomic E-state index is 10.9. The fourth-order valence-corrected chi connectivity index (χ4v) is 1.41. The summed E-state index contributed by atoms with van der Waals surface area (Å²) in [6.45, 7) is 3.87. The minimum absolute atomic E-state index is 0.406. The smallest absolute Gasteiger partial charge is 0.335 e. The van der Waals surface area contributed by atoms with E-state index in [0.29, 0.717) is 12.0 Å². The van der Waals surface area contributed by atoms with Gasteiger partial charge in [0.05, 0.1) is 5.56 Å². The largest absolute Gasteiger partial charge is 0.478 e. The lowest BCUT2D eigenvalue weighted by molar-refractivity contribution is 0.0695. The summed E-state index contributed by atoms with van der Waals surface area (Å²) in [6, 6.07) is 5.36. The van der Waals surface area contributed by atoms with E-state index in [4.69, 9.17) is 5.11 Å². The van der Waals surface area contributed by atoms with Crippen molar-refractivity contribution in [3.63, 3.8) is 0 Å². The number of aryl methyl sites for hydroxylation is 1. The molecule has 2 nitrogen and oxygen atoms in total. The maximum atomic E-state index is 10.9. The second kappa shape index (κ2) is 4.61. The van der Waals surface area contributed by atoms with Crippen molar-refractivity contribution in [3.05, 3.63) is 47.0 Å². The number of rotatable bonds is 3. The van der Waals surface area contributed by atoms with Gasteiger partial charge in [-0.25, -0.2) is 4.79 Å². The van der Waals surface area contributed by atoms with Crippen LogP contribution in [0.15, 0.2) is 30.4 Å². The van der Waals surface area contributed by atoms with Gasteiger partial charge in [0.1, 0.15) is 0 Å². The van der Waals surface area contributed by atoms with E-state index in [1.165, 1.54) is 0 Å². The Morgan fingerprint density at radius 2 is 2.21 bits per heavy atom. The van der Waals surface area contributed by atoms with Gasteiger partial charge in [0.2, 0.25) is 0 Å². The molecule has 2 heteroatoms. The van der Waals surface area contributed by atoms with Gasteiger partial charge in [-0.1, -0.05) is 24.3 Å². The Labute approximate surface area is 83.9 Å². The molecule has 0 heterocycles. The van der Waals surface area contributed by atoms with E-state index >= 15 is 0 Å². The Bertz CT molecular complexity index is 365. The molecule has 0 unspecified atom stereocenters. The zero-order valence-corrected chi connectivity index (χ0v) is 8.45. The molecule has 0 aliphatic heterocycles. The van der Waals surface area contributed by atoms with Gasteiger partial charge in [-0.2, -0.15) is 0 Å². The van der Waals surface area contributed by atoms with Crippen molar-refractivity contribution in [2.75, 3.05) is 0 Å². The molecule has 1 N–H and O–H groups in total. The van der Waals surface area contributed by atoms with Crippen molar-refractivity contribution in [2.24, 2.45) is 0 Å². The van der Waals surface area contributed by atoms with Crippen molar-refractivity contribution in [2.45, 2.75) is 20.3 Å². The lowest BCUT2D eigenvalue weighted by atomic mass is 9.99. The molecule has 1 rings (SSSR count). The first-order valence-corrected chi connectivity index (χ1v) is 4.59. The Kier molecular flexibility index (Phi) is 3.46. The summed E-state index contributed by atoms with van der Waals surface area (Å²) in [5, 5.41) is 8.97. The fourth-order valence-electron chi connectivity index (χ4n) is 1.41. The van der Waals surface area contributed by atoms with Crippen LogP contribution in [0, 0.1) is 6.92 Å². The molecule has 0 saturated heterocycles. The first-order valence-electron chi connectivity index (χ1n) is 4.59. The first kappa shape index (κ1) is 10.5. The van der Waals surface area contributed by atoms with Crippen LogP contribution in [0.2, 0.25) is 0 Å². The standard InChI is InChI=1S/C12H14O2/c1-3-4-7-10-9(2)6-5-8-11(10)12(13)14/h3-6,8H,7H2,1-2H3,(H,13,14). The lowest BCUT2D eigenvalue weighted by Gasteiger charge is -2.06. The third kappa shape index (κ3) is 2.22. The molecule has 0 atom stereocenters. The Hall–Kier alpha value is -1.57. The van der Waals surface area contributed by atoms with Crippen LogP contribution in [0.5, 0.6) is 0 Å². The van der Waals surface area contributed by atoms with Gasteiger partial charge in [-0.15, -0.1) is 0 Å². The van der Waals surface area contributed by atoms with Gasteiger partial charge in [0.15, 0.2) is 0 Å². The Balaban J connectivity index is 3.15. The van der Waals surface area contributed by atoms with E-state index in [2.05, 4.69) is 0 Å². The molecule has 0 saturated carbocycles. The van der Waals surface area contributed by atoms with Crippen molar-refractivity contribution in [1.82, 2.24) is 0 Å². The molecule has 74 valence electrons. The van der Waals surface area contributed by atoms with Crippen LogP contribution in [0.3, 0.4) is 0 Å². The third-order valence-electron chi connectivity index (χ3n) is 2.20. The monoisotopic (exact) mass is 190 g/mol. The number of hydrogen-bond donors (Lipinski definition) is 1. The SMILES string of the molecule is CC=CCc1c(C)cccc1C(=O)O. The van der Waals surface area contributed by atoms with Gasteiger partial charge < -0.3 is 5.11 Å². The fraction of sp³-hybridized carbons (Fsp3) is 0.250. The number of carbonyl (C=O) groups is 1. The van der Waals surface area contributed by atoms with Crippen LogP contribution in [0.4, 0.5) is 0 Å². The average Bonchev–Trinajstić information content (AvgIpc) is 2.15. The summed E-state index contributed by atoms with van der Waals surface area (Å²) in [5.41, 5.74) is 2.34. The van der Waals surface area contributed by atoms with Gasteiger partial charge in [-0.3, -0.25) is 0 Å². The van der Waals surface area contributed by atoms with Crippen LogP contribution in [0.25, 0.3) is 0 Å². The molecule has 1 aromatic carbocycles. The number of carboxylic acids is 1. The second-order valence-corrected chi connectivity index (χ2v) is 3.18. The molecule has 0 amide bonds. The highest BCUT2D eigenvalue weighted by molar-refractivity contribution is 5.89. The van der Waals surface area contributed by atoms with Crippen molar-refractivity contribution in [1.29, 1.82) is 0 Å². The normalized spacial score (nSPS) is 10.7. The minimum Gasteiger partial charge on any atom is -0.478 e. The molecular formula is C12H14O2. The van der Waals surface area contributed by atoms with Gasteiger partial charge in [0, 0.05) is 0 Å². The molecule has 0 radical (unpaired) electrons. The Morgan fingerprint density at radius 1 is 1.50 bits per heavy atom. The summed E-state index contributed by atoms with van der Waals surface area (Å²) in [6.07, 6.45) is 4.58. The summed E-state index contributed by atoms with van der Waals surface area (Å²) < 4.78 is 0. The van der Waals surface area contributed by atoms with Crippen LogP contribution >= 0.6 is 0 Å². The number of aromatic carboxylic acids is 1. The number of benzene rings is 1. The predicted molar refractivity (Wildman–Crippen MR) is 56.7 cm³/mol. The van der Waals surface area contributed by atoms with Crippen LogP contribution < -0.4 is 0 Å². The van der Waals surface area contributed by atoms with Gasteiger partial charge in [-0.05, 0) is 37.5 Å². The van der Waals surface area contributed by atoms with Gasteiger partial charge >= 0.3 is 5.97 Å². The minimum atomic E-state index is -0.854. The van der Waals surface area contributed by atoms with Crippen molar-refractivity contribution < 1.29 is 9.90 Å². The summed E-state index contributed by atoms with van der Waals surface area (Å²) in [7, 11) is 0. The van der Waals surface area contributed by atoms with Crippen LogP contribution in [-0.2, 0) is 6.42 Å². The zero-order chi connectivity index (χ0) is 10.6. The van der Waals surface area contributed by atoms with Crippen LogP contribution in [-0.4, -0.2) is 11.1 Å². The second-order valence-electron chi connectivity index (χ2n) is 3.18. The number of hydrogen-bond acceptors (Lipinski definition) is 1. The first-order chi connectivity index (χ1) is 6.66. The number of allylic oxidation sites excluding steroid dienone is 2. The van der Waals surface area contributed by atoms with Crippen molar-refractivity contribution >= 4 is 5.97 Å². The third-order valence-corrected chi connectivity index (χ3v) is 2.20. The summed E-state index contributed by atoms with van der Waals surface area (Å²) in [4.78, 5) is 10.9. The van der Waals surface area contributed by atoms with E-state index in [1.807, 2.05) is 32.1 Å². The van der Waals surface area contributed by atoms with E-state index in [0.717, 1.165) is 11.1 Å².